The molecular weight excluding hydrogens is 559 g/mol. The van der Waals surface area contributed by atoms with Crippen LogP contribution in [-0.4, -0.2) is 63.3 Å². The number of nitrogens with one attached hydrogen (secondary N) is 1. The smallest absolute Gasteiger partial charge is 0.418 e. The molecule has 0 bridgehead atoms. The summed E-state index contributed by atoms with van der Waals surface area (Å²) in [6.45, 7) is 7.30. The highest BCUT2D eigenvalue weighted by Crippen LogP contribution is 2.38. The summed E-state index contributed by atoms with van der Waals surface area (Å²) in [7, 11) is 0. The molecule has 1 atom stereocenters. The number of halogens is 3. The van der Waals surface area contributed by atoms with Gasteiger partial charge >= 0.3 is 18.2 Å². The molecule has 0 aliphatic carbocycles. The van der Waals surface area contributed by atoms with Crippen LogP contribution >= 0.6 is 11.9 Å². The Morgan fingerprint density at radius 2 is 1.76 bits per heavy atom. The molecule has 2 aromatic heterocycles. The minimum absolute atomic E-state index is 0.0846. The molecule has 0 spiro atoms. The minimum atomic E-state index is -4.58. The van der Waals surface area contributed by atoms with Gasteiger partial charge in [-0.15, -0.1) is 0 Å². The molecule has 4 rings (SSSR count). The van der Waals surface area contributed by atoms with Crippen molar-refractivity contribution >= 4 is 35.6 Å². The van der Waals surface area contributed by atoms with Gasteiger partial charge in [-0.2, -0.15) is 13.2 Å². The summed E-state index contributed by atoms with van der Waals surface area (Å²) in [5.41, 5.74) is -0.707. The molecule has 1 aromatic carbocycles. The molecule has 3 heterocycles. The third kappa shape index (κ3) is 7.40. The van der Waals surface area contributed by atoms with Crippen molar-refractivity contribution in [3.63, 3.8) is 0 Å². The van der Waals surface area contributed by atoms with Crippen LogP contribution in [0.5, 0.6) is 0 Å². The van der Waals surface area contributed by atoms with Crippen LogP contribution in [0.15, 0.2) is 59.6 Å². The molecule has 1 saturated heterocycles. The molecule has 9 nitrogen and oxygen atoms in total. The number of ether oxygens (including phenoxy) is 1. The number of aliphatic carboxylic acids is 1. The number of aromatic nitrogens is 2. The summed E-state index contributed by atoms with van der Waals surface area (Å²) in [5.74, 6) is -0.536. The topological polar surface area (TPSA) is 108 Å². The summed E-state index contributed by atoms with van der Waals surface area (Å²) in [4.78, 5) is 36.4. The molecule has 1 aliphatic heterocycles. The van der Waals surface area contributed by atoms with Gasteiger partial charge in [-0.05, 0) is 57.5 Å². The van der Waals surface area contributed by atoms with Crippen LogP contribution in [-0.2, 0) is 15.7 Å². The number of alkyl halides is 3. The van der Waals surface area contributed by atoms with Crippen molar-refractivity contribution in [3.8, 4) is 11.3 Å². The number of anilines is 2. The first-order valence-electron chi connectivity index (χ1n) is 12.7. The molecule has 13 heteroatoms. The standard InChI is InChI=1S/C28H30F3N5O4S/c1-17-8-5-6-9-18(17)24-19(28(29,30)31)12-13-21(32-24)34-41-23-11-7-10-22(33-23)36-15-14-35(16-20(36)25(37)38)26(39)40-27(2,3)4/h5-13,20H,14-16H2,1-4H3,(H,32,34)(H,37,38). The number of nitrogens with zero attached hydrogens (tertiary/aromatic N) is 4. The molecule has 1 amide bonds. The maximum Gasteiger partial charge on any atom is 0.418 e. The van der Waals surface area contributed by atoms with Crippen molar-refractivity contribution in [1.82, 2.24) is 14.9 Å². The first kappa shape index (κ1) is 30.0. The van der Waals surface area contributed by atoms with E-state index in [0.29, 0.717) is 22.0 Å². The van der Waals surface area contributed by atoms with Crippen LogP contribution in [0.4, 0.5) is 29.6 Å². The summed E-state index contributed by atoms with van der Waals surface area (Å²) in [6, 6.07) is 12.9. The third-order valence-electron chi connectivity index (χ3n) is 6.18. The Bertz CT molecular complexity index is 1430. The van der Waals surface area contributed by atoms with Crippen molar-refractivity contribution in [2.45, 2.75) is 50.5 Å². The Labute approximate surface area is 239 Å². The van der Waals surface area contributed by atoms with Gasteiger partial charge in [0.1, 0.15) is 28.3 Å². The molecular formula is C28H30F3N5O4S. The van der Waals surface area contributed by atoms with Gasteiger partial charge in [0.15, 0.2) is 0 Å². The van der Waals surface area contributed by atoms with Crippen molar-refractivity contribution in [2.24, 2.45) is 0 Å². The molecule has 2 N–H and O–H groups in total. The summed E-state index contributed by atoms with van der Waals surface area (Å²) >= 11 is 1.03. The van der Waals surface area contributed by atoms with E-state index in [9.17, 15) is 27.9 Å². The van der Waals surface area contributed by atoms with Crippen molar-refractivity contribution in [1.29, 1.82) is 0 Å². The normalized spacial score (nSPS) is 15.9. The zero-order valence-electron chi connectivity index (χ0n) is 22.9. The fourth-order valence-corrected chi connectivity index (χ4v) is 4.88. The van der Waals surface area contributed by atoms with E-state index in [1.165, 1.54) is 11.0 Å². The fraction of sp³-hybridized carbons (Fsp3) is 0.357. The molecule has 0 saturated carbocycles. The highest BCUT2D eigenvalue weighted by atomic mass is 32.2. The van der Waals surface area contributed by atoms with E-state index in [4.69, 9.17) is 4.74 Å². The fourth-order valence-electron chi connectivity index (χ4n) is 4.27. The number of pyridine rings is 2. The van der Waals surface area contributed by atoms with E-state index in [2.05, 4.69) is 14.7 Å². The van der Waals surface area contributed by atoms with Gasteiger partial charge in [0.25, 0.3) is 0 Å². The maximum absolute atomic E-state index is 13.7. The second-order valence-electron chi connectivity index (χ2n) is 10.4. The van der Waals surface area contributed by atoms with E-state index in [1.54, 1.807) is 75.1 Å². The van der Waals surface area contributed by atoms with Crippen LogP contribution in [0.25, 0.3) is 11.3 Å². The number of benzene rings is 1. The lowest BCUT2D eigenvalue weighted by Gasteiger charge is -2.40. The molecule has 1 unspecified atom stereocenters. The molecule has 41 heavy (non-hydrogen) atoms. The molecule has 1 fully saturated rings. The summed E-state index contributed by atoms with van der Waals surface area (Å²) < 4.78 is 49.6. The summed E-state index contributed by atoms with van der Waals surface area (Å²) in [5, 5.41) is 10.3. The average molecular weight is 590 g/mol. The first-order valence-corrected chi connectivity index (χ1v) is 13.6. The minimum Gasteiger partial charge on any atom is -0.480 e. The maximum atomic E-state index is 13.7. The van der Waals surface area contributed by atoms with E-state index in [-0.39, 0.29) is 31.1 Å². The van der Waals surface area contributed by atoms with E-state index in [0.717, 1.165) is 18.0 Å². The van der Waals surface area contributed by atoms with Gasteiger partial charge < -0.3 is 24.4 Å². The average Bonchev–Trinajstić information content (AvgIpc) is 2.90. The first-order chi connectivity index (χ1) is 19.2. The predicted octanol–water partition coefficient (Wildman–Crippen LogP) is 6.10. The molecule has 218 valence electrons. The third-order valence-corrected chi connectivity index (χ3v) is 6.93. The number of piperazine rings is 1. The predicted molar refractivity (Wildman–Crippen MR) is 150 cm³/mol. The van der Waals surface area contributed by atoms with E-state index < -0.39 is 35.4 Å². The Morgan fingerprint density at radius 1 is 1.02 bits per heavy atom. The highest BCUT2D eigenvalue weighted by molar-refractivity contribution is 8.00. The van der Waals surface area contributed by atoms with Crippen LogP contribution < -0.4 is 9.62 Å². The van der Waals surface area contributed by atoms with Crippen molar-refractivity contribution < 1.29 is 32.6 Å². The molecule has 3 aromatic rings. The zero-order valence-corrected chi connectivity index (χ0v) is 23.7. The van der Waals surface area contributed by atoms with E-state index in [1.807, 2.05) is 0 Å². The number of hydrogen-bond acceptors (Lipinski definition) is 8. The lowest BCUT2D eigenvalue weighted by molar-refractivity contribution is -0.139. The molecule has 0 radical (unpaired) electrons. The van der Waals surface area contributed by atoms with Gasteiger partial charge in [0.2, 0.25) is 0 Å². The van der Waals surface area contributed by atoms with Gasteiger partial charge in [-0.3, -0.25) is 0 Å². The van der Waals surface area contributed by atoms with Crippen LogP contribution in [0.3, 0.4) is 0 Å². The molecule has 1 aliphatic rings. The number of rotatable bonds is 6. The van der Waals surface area contributed by atoms with Crippen LogP contribution in [0.1, 0.15) is 31.9 Å². The quantitative estimate of drug-likeness (QED) is 0.330. The highest BCUT2D eigenvalue weighted by Gasteiger charge is 2.37. The number of carbonyl (C=O) groups excluding carboxylic acids is 1. The largest absolute Gasteiger partial charge is 0.480 e. The van der Waals surface area contributed by atoms with Gasteiger partial charge in [-0.25, -0.2) is 19.6 Å². The monoisotopic (exact) mass is 589 g/mol. The number of amides is 1. The lowest BCUT2D eigenvalue weighted by atomic mass is 10.0. The van der Waals surface area contributed by atoms with Crippen molar-refractivity contribution in [2.75, 3.05) is 29.3 Å². The van der Waals surface area contributed by atoms with Gasteiger partial charge in [0.05, 0.1) is 17.8 Å². The SMILES string of the molecule is Cc1ccccc1-c1nc(NSc2cccc(N3CCN(C(=O)OC(C)(C)C)CC3C(=O)O)n2)ccc1C(F)(F)F. The number of carboxylic acid groups (broad SMARTS) is 1. The zero-order chi connectivity index (χ0) is 29.9. The van der Waals surface area contributed by atoms with Crippen LogP contribution in [0.2, 0.25) is 0 Å². The number of carbonyl (C=O) groups is 2. The Kier molecular flexibility index (Phi) is 8.66. The van der Waals surface area contributed by atoms with Gasteiger partial charge in [0, 0.05) is 30.6 Å². The lowest BCUT2D eigenvalue weighted by Crippen LogP contribution is -2.58. The number of carboxylic acids is 1. The number of aryl methyl sites for hydroxylation is 1. The van der Waals surface area contributed by atoms with E-state index >= 15 is 0 Å². The second kappa shape index (κ2) is 11.9. The Hall–Kier alpha value is -4.00. The number of hydrogen-bond donors (Lipinski definition) is 2. The van der Waals surface area contributed by atoms with Crippen molar-refractivity contribution in [3.05, 3.63) is 65.7 Å². The Morgan fingerprint density at radius 3 is 2.41 bits per heavy atom. The second-order valence-corrected chi connectivity index (χ2v) is 11.2. The Balaban J connectivity index is 1.52. The summed E-state index contributed by atoms with van der Waals surface area (Å²) in [6.07, 6.45) is -5.17. The van der Waals surface area contributed by atoms with Gasteiger partial charge in [-0.1, -0.05) is 30.3 Å². The van der Waals surface area contributed by atoms with Crippen LogP contribution in [0, 0.1) is 6.92 Å².